The molecule has 94 valence electrons. The van der Waals surface area contributed by atoms with Crippen LogP contribution >= 0.6 is 27.5 Å². The number of halogens is 4. The summed E-state index contributed by atoms with van der Waals surface area (Å²) in [6.45, 7) is 0.326. The summed E-state index contributed by atoms with van der Waals surface area (Å²) in [6, 6.07) is 8.73. The smallest absolute Gasteiger partial charge is 0.146 e. The third kappa shape index (κ3) is 3.21. The van der Waals surface area contributed by atoms with Crippen molar-refractivity contribution in [1.29, 1.82) is 0 Å². The minimum Gasteiger partial charge on any atom is -0.379 e. The molecule has 0 saturated carbocycles. The molecule has 0 aliphatic heterocycles. The summed E-state index contributed by atoms with van der Waals surface area (Å²) in [5.41, 5.74) is 1.07. The lowest BCUT2D eigenvalue weighted by atomic mass is 10.2. The lowest BCUT2D eigenvalue weighted by Crippen LogP contribution is -2.02. The van der Waals surface area contributed by atoms with Gasteiger partial charge in [-0.15, -0.1) is 0 Å². The summed E-state index contributed by atoms with van der Waals surface area (Å²) in [7, 11) is 0. The van der Waals surface area contributed by atoms with Crippen molar-refractivity contribution >= 4 is 33.2 Å². The molecule has 0 spiro atoms. The minimum absolute atomic E-state index is 0.318. The number of benzene rings is 2. The van der Waals surface area contributed by atoms with Crippen molar-refractivity contribution in [1.82, 2.24) is 0 Å². The van der Waals surface area contributed by atoms with Crippen molar-refractivity contribution in [3.8, 4) is 0 Å². The van der Waals surface area contributed by atoms with Gasteiger partial charge in [0.2, 0.25) is 0 Å². The van der Waals surface area contributed by atoms with Crippen LogP contribution in [0.5, 0.6) is 0 Å². The summed E-state index contributed by atoms with van der Waals surface area (Å²) < 4.78 is 27.1. The van der Waals surface area contributed by atoms with Gasteiger partial charge in [0.1, 0.15) is 11.6 Å². The van der Waals surface area contributed by atoms with Gasteiger partial charge in [0, 0.05) is 16.0 Å². The van der Waals surface area contributed by atoms with E-state index in [2.05, 4.69) is 21.2 Å². The maximum atomic E-state index is 13.5. The number of nitrogens with one attached hydrogen (secondary N) is 1. The second kappa shape index (κ2) is 5.67. The van der Waals surface area contributed by atoms with E-state index in [4.69, 9.17) is 11.6 Å². The molecule has 2 rings (SSSR count). The summed E-state index contributed by atoms with van der Waals surface area (Å²) >= 11 is 9.15. The summed E-state index contributed by atoms with van der Waals surface area (Å²) in [5, 5.41) is 3.24. The number of anilines is 1. The minimum atomic E-state index is -0.391. The molecular formula is C13H9BrClF2N. The Balaban J connectivity index is 2.13. The molecule has 0 atom stereocenters. The highest BCUT2D eigenvalue weighted by Crippen LogP contribution is 2.22. The molecule has 2 aromatic rings. The maximum Gasteiger partial charge on any atom is 0.146 e. The molecular weight excluding hydrogens is 324 g/mol. The molecule has 0 aliphatic carbocycles. The molecule has 0 saturated heterocycles. The van der Waals surface area contributed by atoms with Crippen LogP contribution in [0.2, 0.25) is 5.02 Å². The first-order chi connectivity index (χ1) is 8.56. The quantitative estimate of drug-likeness (QED) is 0.834. The highest BCUT2D eigenvalue weighted by atomic mass is 79.9. The normalized spacial score (nSPS) is 10.4. The first kappa shape index (κ1) is 13.3. The predicted molar refractivity (Wildman–Crippen MR) is 72.8 cm³/mol. The third-order valence-corrected chi connectivity index (χ3v) is 3.26. The molecule has 2 aromatic carbocycles. The molecule has 18 heavy (non-hydrogen) atoms. The lowest BCUT2D eigenvalue weighted by molar-refractivity contribution is 0.626. The van der Waals surface area contributed by atoms with Gasteiger partial charge in [0.15, 0.2) is 0 Å². The average molecular weight is 333 g/mol. The van der Waals surface area contributed by atoms with Gasteiger partial charge in [-0.1, -0.05) is 33.6 Å². The molecule has 0 heterocycles. The SMILES string of the molecule is Fc1ccc(CNc2cc(Br)ccc2F)c(Cl)c1. The van der Waals surface area contributed by atoms with Crippen molar-refractivity contribution in [2.45, 2.75) is 6.54 Å². The van der Waals surface area contributed by atoms with Crippen molar-refractivity contribution in [3.05, 3.63) is 63.1 Å². The second-order valence-corrected chi connectivity index (χ2v) is 5.04. The molecule has 5 heteroatoms. The largest absolute Gasteiger partial charge is 0.379 e. The van der Waals surface area contributed by atoms with Gasteiger partial charge in [-0.2, -0.15) is 0 Å². The van der Waals surface area contributed by atoms with Crippen molar-refractivity contribution < 1.29 is 8.78 Å². The molecule has 1 N–H and O–H groups in total. The zero-order valence-corrected chi connectivity index (χ0v) is 11.5. The maximum absolute atomic E-state index is 13.5. The number of rotatable bonds is 3. The van der Waals surface area contributed by atoms with Crippen molar-refractivity contribution in [2.24, 2.45) is 0 Å². The summed E-state index contributed by atoms with van der Waals surface area (Å²) in [4.78, 5) is 0. The van der Waals surface area contributed by atoms with Crippen LogP contribution in [0, 0.1) is 11.6 Å². The van der Waals surface area contributed by atoms with Gasteiger partial charge in [-0.05, 0) is 35.9 Å². The first-order valence-electron chi connectivity index (χ1n) is 5.19. The molecule has 0 bridgehead atoms. The topological polar surface area (TPSA) is 12.0 Å². The van der Waals surface area contributed by atoms with E-state index >= 15 is 0 Å². The van der Waals surface area contributed by atoms with Crippen LogP contribution in [0.1, 0.15) is 5.56 Å². The van der Waals surface area contributed by atoms with E-state index in [9.17, 15) is 8.78 Å². The first-order valence-corrected chi connectivity index (χ1v) is 6.36. The Morgan fingerprint density at radius 1 is 1.11 bits per heavy atom. The van der Waals surface area contributed by atoms with Gasteiger partial charge in [-0.3, -0.25) is 0 Å². The van der Waals surface area contributed by atoms with E-state index in [1.54, 1.807) is 18.2 Å². The molecule has 0 radical (unpaired) electrons. The Kier molecular flexibility index (Phi) is 4.19. The van der Waals surface area contributed by atoms with Crippen molar-refractivity contribution in [3.63, 3.8) is 0 Å². The highest BCUT2D eigenvalue weighted by Gasteiger charge is 2.05. The van der Waals surface area contributed by atoms with Gasteiger partial charge < -0.3 is 5.32 Å². The molecule has 1 nitrogen and oxygen atoms in total. The molecule has 0 unspecified atom stereocenters. The fraction of sp³-hybridized carbons (Fsp3) is 0.0769. The molecule has 0 aromatic heterocycles. The Morgan fingerprint density at radius 3 is 2.61 bits per heavy atom. The third-order valence-electron chi connectivity index (χ3n) is 2.41. The van der Waals surface area contributed by atoms with Gasteiger partial charge in [0.25, 0.3) is 0 Å². The van der Waals surface area contributed by atoms with E-state index in [0.29, 0.717) is 22.8 Å². The predicted octanol–water partition coefficient (Wildman–Crippen LogP) is 4.99. The highest BCUT2D eigenvalue weighted by molar-refractivity contribution is 9.10. The number of hydrogen-bond donors (Lipinski definition) is 1. The van der Waals surface area contributed by atoms with Crippen LogP contribution in [0.15, 0.2) is 40.9 Å². The van der Waals surface area contributed by atoms with Crippen LogP contribution in [0.3, 0.4) is 0 Å². The number of hydrogen-bond acceptors (Lipinski definition) is 1. The monoisotopic (exact) mass is 331 g/mol. The fourth-order valence-corrected chi connectivity index (χ4v) is 2.08. The Labute approximate surface area is 117 Å². The van der Waals surface area contributed by atoms with Crippen LogP contribution in [-0.4, -0.2) is 0 Å². The summed E-state index contributed by atoms with van der Waals surface area (Å²) in [5.74, 6) is -0.742. The molecule has 0 aliphatic rings. The summed E-state index contributed by atoms with van der Waals surface area (Å²) in [6.07, 6.45) is 0. The average Bonchev–Trinajstić information content (AvgIpc) is 2.32. The molecule has 0 amide bonds. The van der Waals surface area contributed by atoms with Gasteiger partial charge in [0.05, 0.1) is 5.69 Å². The zero-order valence-electron chi connectivity index (χ0n) is 9.18. The van der Waals surface area contributed by atoms with E-state index < -0.39 is 5.82 Å². The van der Waals surface area contributed by atoms with Gasteiger partial charge >= 0.3 is 0 Å². The van der Waals surface area contributed by atoms with E-state index in [1.807, 2.05) is 0 Å². The van der Waals surface area contributed by atoms with E-state index in [1.165, 1.54) is 18.2 Å². The van der Waals surface area contributed by atoms with Gasteiger partial charge in [-0.25, -0.2) is 8.78 Å². The van der Waals surface area contributed by atoms with Crippen LogP contribution in [0.4, 0.5) is 14.5 Å². The zero-order chi connectivity index (χ0) is 13.1. The van der Waals surface area contributed by atoms with E-state index in [0.717, 1.165) is 4.47 Å². The van der Waals surface area contributed by atoms with E-state index in [-0.39, 0.29) is 5.82 Å². The fourth-order valence-electron chi connectivity index (χ4n) is 1.49. The van der Waals surface area contributed by atoms with Crippen LogP contribution < -0.4 is 5.32 Å². The second-order valence-electron chi connectivity index (χ2n) is 3.71. The molecule has 0 fully saturated rings. The standard InChI is InChI=1S/C13H9BrClF2N/c14-9-2-4-12(17)13(5-9)18-7-8-1-3-10(16)6-11(8)15/h1-6,18H,7H2. The Hall–Kier alpha value is -1.13. The Morgan fingerprint density at radius 2 is 1.89 bits per heavy atom. The van der Waals surface area contributed by atoms with Crippen LogP contribution in [0.25, 0.3) is 0 Å². The lowest BCUT2D eigenvalue weighted by Gasteiger charge is -2.09. The van der Waals surface area contributed by atoms with Crippen LogP contribution in [-0.2, 0) is 6.54 Å². The van der Waals surface area contributed by atoms with Crippen molar-refractivity contribution in [2.75, 3.05) is 5.32 Å². The Bertz CT molecular complexity index is 575.